The van der Waals surface area contributed by atoms with Gasteiger partial charge in [0, 0.05) is 10.6 Å². The molecular weight excluding hydrogens is 331 g/mol. The molecule has 25 heavy (non-hydrogen) atoms. The lowest BCUT2D eigenvalue weighted by atomic mass is 9.86. The van der Waals surface area contributed by atoms with Crippen LogP contribution in [0.4, 0.5) is 0 Å². The first-order valence-electron chi connectivity index (χ1n) is 8.41. The molecule has 0 aliphatic heterocycles. The van der Waals surface area contributed by atoms with E-state index in [2.05, 4.69) is 30.8 Å². The van der Waals surface area contributed by atoms with E-state index >= 15 is 0 Å². The third-order valence-electron chi connectivity index (χ3n) is 4.32. The van der Waals surface area contributed by atoms with Gasteiger partial charge in [-0.15, -0.1) is 0 Å². The molecule has 0 spiro atoms. The molecule has 130 valence electrons. The number of hydrogen-bond donors (Lipinski definition) is 2. The van der Waals surface area contributed by atoms with Gasteiger partial charge in [-0.25, -0.2) is 0 Å². The number of hydrogen-bond acceptors (Lipinski definition) is 3. The Bertz CT molecular complexity index is 672. The van der Waals surface area contributed by atoms with Crippen molar-refractivity contribution in [2.24, 2.45) is 0 Å². The first-order valence-corrected chi connectivity index (χ1v) is 9.67. The maximum absolute atomic E-state index is 9.95. The highest BCUT2D eigenvalue weighted by molar-refractivity contribution is 7.68. The quantitative estimate of drug-likeness (QED) is 0.641. The lowest BCUT2D eigenvalue weighted by Gasteiger charge is -2.27. The maximum atomic E-state index is 9.95. The number of aliphatic hydroxyl groups excluding tert-OH is 2. The molecule has 0 bridgehead atoms. The van der Waals surface area contributed by atoms with E-state index in [4.69, 9.17) is 4.52 Å². The Labute approximate surface area is 150 Å². The third kappa shape index (κ3) is 4.65. The molecular formula is C21H23O3P. The van der Waals surface area contributed by atoms with Crippen LogP contribution in [0.15, 0.2) is 84.5 Å². The molecule has 3 nitrogen and oxygen atoms in total. The zero-order valence-corrected chi connectivity index (χ0v) is 15.0. The normalized spacial score (nSPS) is 20.8. The van der Waals surface area contributed by atoms with Crippen molar-refractivity contribution in [3.05, 3.63) is 84.5 Å². The SMILES string of the molecule is C=C1[C@H](O)CC(=CCOP(c2ccccc2)c2ccccc2)C[C@H]1O. The average Bonchev–Trinajstić information content (AvgIpc) is 2.64. The first kappa shape index (κ1) is 18.0. The Morgan fingerprint density at radius 3 is 1.88 bits per heavy atom. The zero-order chi connectivity index (χ0) is 17.6. The topological polar surface area (TPSA) is 49.7 Å². The van der Waals surface area contributed by atoms with Gasteiger partial charge in [0.15, 0.2) is 0 Å². The fraction of sp³-hybridized carbons (Fsp3) is 0.238. The van der Waals surface area contributed by atoms with Gasteiger partial charge in [0.05, 0.1) is 27.0 Å². The highest BCUT2D eigenvalue weighted by Gasteiger charge is 2.25. The Kier molecular flexibility index (Phi) is 6.17. The summed E-state index contributed by atoms with van der Waals surface area (Å²) < 4.78 is 6.22. The summed E-state index contributed by atoms with van der Waals surface area (Å²) in [6.07, 6.45) is 1.70. The van der Waals surface area contributed by atoms with E-state index in [9.17, 15) is 10.2 Å². The van der Waals surface area contributed by atoms with Gasteiger partial charge in [0.1, 0.15) is 0 Å². The second-order valence-electron chi connectivity index (χ2n) is 6.14. The van der Waals surface area contributed by atoms with Crippen LogP contribution in [0.5, 0.6) is 0 Å². The van der Waals surface area contributed by atoms with Gasteiger partial charge < -0.3 is 14.7 Å². The molecule has 2 atom stereocenters. The van der Waals surface area contributed by atoms with Crippen molar-refractivity contribution in [1.29, 1.82) is 0 Å². The van der Waals surface area contributed by atoms with E-state index in [-0.39, 0.29) is 0 Å². The maximum Gasteiger partial charge on any atom is 0.0922 e. The van der Waals surface area contributed by atoms with Gasteiger partial charge in [-0.05, 0) is 18.4 Å². The van der Waals surface area contributed by atoms with Gasteiger partial charge >= 0.3 is 0 Å². The molecule has 0 saturated heterocycles. The molecule has 0 amide bonds. The smallest absolute Gasteiger partial charge is 0.0922 e. The molecule has 0 radical (unpaired) electrons. The largest absolute Gasteiger partial charge is 0.388 e. The van der Waals surface area contributed by atoms with Crippen LogP contribution >= 0.6 is 8.15 Å². The predicted octanol–water partition coefficient (Wildman–Crippen LogP) is 3.05. The summed E-state index contributed by atoms with van der Waals surface area (Å²) in [4.78, 5) is 0. The second-order valence-corrected chi connectivity index (χ2v) is 8.02. The molecule has 1 aliphatic rings. The summed E-state index contributed by atoms with van der Waals surface area (Å²) in [6, 6.07) is 20.4. The lowest BCUT2D eigenvalue weighted by Crippen LogP contribution is -2.28. The summed E-state index contributed by atoms with van der Waals surface area (Å²) in [6.45, 7) is 4.20. The van der Waals surface area contributed by atoms with Gasteiger partial charge in [-0.1, -0.05) is 78.9 Å². The standard InChI is InChI=1S/C21H23O3P/c1-16-20(22)14-17(15-21(16)23)12-13-24-25(18-8-4-2-5-9-18)19-10-6-3-7-11-19/h2-12,20-23H,1,13-15H2/t20-,21-/m1/s1. The molecule has 1 aliphatic carbocycles. The molecule has 2 aromatic carbocycles. The highest BCUT2D eigenvalue weighted by atomic mass is 31.1. The van der Waals surface area contributed by atoms with Gasteiger partial charge in [0.2, 0.25) is 0 Å². The van der Waals surface area contributed by atoms with Crippen molar-refractivity contribution in [3.8, 4) is 0 Å². The van der Waals surface area contributed by atoms with Gasteiger partial charge in [-0.3, -0.25) is 0 Å². The van der Waals surface area contributed by atoms with Crippen molar-refractivity contribution in [1.82, 2.24) is 0 Å². The minimum atomic E-state index is -0.896. The van der Waals surface area contributed by atoms with Crippen molar-refractivity contribution in [3.63, 3.8) is 0 Å². The van der Waals surface area contributed by atoms with Crippen LogP contribution in [0.2, 0.25) is 0 Å². The molecule has 3 rings (SSSR count). The molecule has 2 N–H and O–H groups in total. The Morgan fingerprint density at radius 1 is 0.920 bits per heavy atom. The van der Waals surface area contributed by atoms with E-state index in [0.717, 1.165) is 5.57 Å². The molecule has 0 heterocycles. The first-order chi connectivity index (χ1) is 12.1. The molecule has 1 saturated carbocycles. The predicted molar refractivity (Wildman–Crippen MR) is 103 cm³/mol. The minimum Gasteiger partial charge on any atom is -0.388 e. The van der Waals surface area contributed by atoms with Gasteiger partial charge in [0.25, 0.3) is 0 Å². The monoisotopic (exact) mass is 354 g/mol. The van der Waals surface area contributed by atoms with Crippen molar-refractivity contribution < 1.29 is 14.7 Å². The Morgan fingerprint density at radius 2 is 1.40 bits per heavy atom. The van der Waals surface area contributed by atoms with Crippen LogP contribution in [0, 0.1) is 0 Å². The van der Waals surface area contributed by atoms with E-state index < -0.39 is 20.4 Å². The number of rotatable bonds is 5. The van der Waals surface area contributed by atoms with Crippen LogP contribution in [0.3, 0.4) is 0 Å². The summed E-state index contributed by atoms with van der Waals surface area (Å²) in [5.74, 6) is 0. The van der Waals surface area contributed by atoms with E-state index in [1.807, 2.05) is 42.5 Å². The molecule has 2 aromatic rings. The molecule has 0 aromatic heterocycles. The molecule has 0 unspecified atom stereocenters. The number of benzene rings is 2. The third-order valence-corrected chi connectivity index (χ3v) is 6.27. The van der Waals surface area contributed by atoms with E-state index in [1.54, 1.807) is 0 Å². The van der Waals surface area contributed by atoms with Crippen LogP contribution in [-0.2, 0) is 4.52 Å². The highest BCUT2D eigenvalue weighted by Crippen LogP contribution is 2.35. The zero-order valence-electron chi connectivity index (χ0n) is 14.1. The average molecular weight is 354 g/mol. The Hall–Kier alpha value is -1.77. The molecule has 4 heteroatoms. The van der Waals surface area contributed by atoms with Crippen LogP contribution in [-0.4, -0.2) is 29.0 Å². The summed E-state index contributed by atoms with van der Waals surface area (Å²) in [5, 5.41) is 22.2. The van der Waals surface area contributed by atoms with Crippen molar-refractivity contribution in [2.45, 2.75) is 25.0 Å². The van der Waals surface area contributed by atoms with Gasteiger partial charge in [-0.2, -0.15) is 0 Å². The number of aliphatic hydroxyl groups is 2. The van der Waals surface area contributed by atoms with Crippen LogP contribution in [0.25, 0.3) is 0 Å². The molecule has 1 fully saturated rings. The lowest BCUT2D eigenvalue weighted by molar-refractivity contribution is 0.123. The summed E-state index contributed by atoms with van der Waals surface area (Å²) in [5.41, 5.74) is 1.53. The van der Waals surface area contributed by atoms with E-state index in [1.165, 1.54) is 10.6 Å². The van der Waals surface area contributed by atoms with Crippen LogP contribution < -0.4 is 10.6 Å². The van der Waals surface area contributed by atoms with E-state index in [0.29, 0.717) is 25.0 Å². The fourth-order valence-electron chi connectivity index (χ4n) is 2.89. The Balaban J connectivity index is 1.72. The minimum absolute atomic E-state index is 0.455. The van der Waals surface area contributed by atoms with Crippen molar-refractivity contribution in [2.75, 3.05) is 6.61 Å². The summed E-state index contributed by atoms with van der Waals surface area (Å²) in [7, 11) is -0.896. The van der Waals surface area contributed by atoms with Crippen molar-refractivity contribution >= 4 is 18.8 Å². The second kappa shape index (κ2) is 8.55. The fourth-order valence-corrected chi connectivity index (χ4v) is 4.59. The van der Waals surface area contributed by atoms with Crippen LogP contribution in [0.1, 0.15) is 12.8 Å². The summed E-state index contributed by atoms with van der Waals surface area (Å²) >= 11 is 0.